The molecule has 0 saturated heterocycles. The van der Waals surface area contributed by atoms with Crippen molar-refractivity contribution in [2.24, 2.45) is 5.92 Å². The first-order chi connectivity index (χ1) is 7.15. The Morgan fingerprint density at radius 1 is 1.60 bits per heavy atom. The van der Waals surface area contributed by atoms with Gasteiger partial charge in [-0.15, -0.1) is 11.3 Å². The summed E-state index contributed by atoms with van der Waals surface area (Å²) in [5.41, 5.74) is 0. The second kappa shape index (κ2) is 4.95. The number of rotatable bonds is 4. The Hall–Kier alpha value is 0.100. The van der Waals surface area contributed by atoms with Gasteiger partial charge in [0.05, 0.1) is 6.10 Å². The van der Waals surface area contributed by atoms with Crippen molar-refractivity contribution >= 4 is 27.3 Å². The van der Waals surface area contributed by atoms with Crippen molar-refractivity contribution < 1.29 is 5.11 Å². The molecule has 0 radical (unpaired) electrons. The average Bonchev–Trinajstić information content (AvgIpc) is 2.43. The van der Waals surface area contributed by atoms with Gasteiger partial charge in [0.2, 0.25) is 0 Å². The second-order valence-corrected chi connectivity index (χ2v) is 6.43. The van der Waals surface area contributed by atoms with E-state index in [0.717, 1.165) is 25.9 Å². The molecule has 0 amide bonds. The lowest BCUT2D eigenvalue weighted by molar-refractivity contribution is 0.0430. The summed E-state index contributed by atoms with van der Waals surface area (Å²) in [7, 11) is 0. The fraction of sp³-hybridized carbons (Fsp3) is 0.636. The van der Waals surface area contributed by atoms with E-state index in [1.54, 1.807) is 0 Å². The van der Waals surface area contributed by atoms with Crippen LogP contribution in [0.1, 0.15) is 22.6 Å². The molecule has 1 heterocycles. The van der Waals surface area contributed by atoms with Crippen molar-refractivity contribution in [2.75, 3.05) is 6.54 Å². The van der Waals surface area contributed by atoms with Crippen LogP contribution in [0, 0.1) is 12.8 Å². The predicted molar refractivity (Wildman–Crippen MR) is 67.2 cm³/mol. The summed E-state index contributed by atoms with van der Waals surface area (Å²) in [6, 6.07) is 2.18. The van der Waals surface area contributed by atoms with Gasteiger partial charge >= 0.3 is 0 Å². The molecule has 0 aliphatic heterocycles. The largest absolute Gasteiger partial charge is 0.393 e. The number of nitrogens with one attached hydrogen (secondary N) is 1. The Bertz CT molecular complexity index is 314. The Morgan fingerprint density at radius 2 is 2.33 bits per heavy atom. The summed E-state index contributed by atoms with van der Waals surface area (Å²) in [4.78, 5) is 2.71. The van der Waals surface area contributed by atoms with Crippen LogP contribution < -0.4 is 5.32 Å². The molecular weight excluding hydrogens is 274 g/mol. The van der Waals surface area contributed by atoms with Gasteiger partial charge in [0, 0.05) is 20.8 Å². The van der Waals surface area contributed by atoms with Crippen LogP contribution in [0.4, 0.5) is 0 Å². The standard InChI is InChI=1S/C11H16BrNOS/c1-7-11(12)4-10(15-7)6-13-5-8-2-9(14)3-8/h4,8-9,13-14H,2-3,5-6H2,1H3. The predicted octanol–water partition coefficient (Wildman–Crippen LogP) is 2.68. The number of thiophene rings is 1. The number of hydrogen-bond donors (Lipinski definition) is 2. The van der Waals surface area contributed by atoms with Crippen LogP contribution >= 0.6 is 27.3 Å². The number of hydrogen-bond acceptors (Lipinski definition) is 3. The van der Waals surface area contributed by atoms with Crippen molar-refractivity contribution in [3.8, 4) is 0 Å². The minimum Gasteiger partial charge on any atom is -0.393 e. The Balaban J connectivity index is 1.69. The quantitative estimate of drug-likeness (QED) is 0.893. The SMILES string of the molecule is Cc1sc(CNCC2CC(O)C2)cc1Br. The van der Waals surface area contributed by atoms with E-state index in [0.29, 0.717) is 5.92 Å². The molecular formula is C11H16BrNOS. The molecule has 0 unspecified atom stereocenters. The zero-order valence-electron chi connectivity index (χ0n) is 8.79. The van der Waals surface area contributed by atoms with Crippen LogP contribution in [-0.2, 0) is 6.54 Å². The fourth-order valence-corrected chi connectivity index (χ4v) is 3.44. The molecule has 0 aromatic carbocycles. The van der Waals surface area contributed by atoms with Gasteiger partial charge in [-0.2, -0.15) is 0 Å². The van der Waals surface area contributed by atoms with Crippen molar-refractivity contribution in [1.29, 1.82) is 0 Å². The summed E-state index contributed by atoms with van der Waals surface area (Å²) < 4.78 is 1.21. The highest BCUT2D eigenvalue weighted by molar-refractivity contribution is 9.10. The first-order valence-electron chi connectivity index (χ1n) is 5.28. The Labute approximate surface area is 103 Å². The molecule has 2 nitrogen and oxygen atoms in total. The van der Waals surface area contributed by atoms with Gasteiger partial charge < -0.3 is 10.4 Å². The van der Waals surface area contributed by atoms with E-state index in [-0.39, 0.29) is 6.10 Å². The van der Waals surface area contributed by atoms with Crippen LogP contribution in [0.15, 0.2) is 10.5 Å². The van der Waals surface area contributed by atoms with E-state index in [2.05, 4.69) is 34.2 Å². The summed E-state index contributed by atoms with van der Waals surface area (Å²) in [5.74, 6) is 0.685. The van der Waals surface area contributed by atoms with Gasteiger partial charge in [0.25, 0.3) is 0 Å². The number of aliphatic hydroxyl groups excluding tert-OH is 1. The van der Waals surface area contributed by atoms with Crippen LogP contribution in [0.3, 0.4) is 0 Å². The van der Waals surface area contributed by atoms with E-state index in [9.17, 15) is 0 Å². The van der Waals surface area contributed by atoms with Crippen molar-refractivity contribution in [2.45, 2.75) is 32.4 Å². The van der Waals surface area contributed by atoms with E-state index < -0.39 is 0 Å². The van der Waals surface area contributed by atoms with Crippen molar-refractivity contribution in [3.05, 3.63) is 20.3 Å². The Kier molecular flexibility index (Phi) is 3.83. The average molecular weight is 290 g/mol. The smallest absolute Gasteiger partial charge is 0.0546 e. The summed E-state index contributed by atoms with van der Waals surface area (Å²) in [6.45, 7) is 4.11. The van der Waals surface area contributed by atoms with Gasteiger partial charge in [-0.25, -0.2) is 0 Å². The first-order valence-corrected chi connectivity index (χ1v) is 6.89. The molecule has 1 aliphatic rings. The maximum Gasteiger partial charge on any atom is 0.0546 e. The van der Waals surface area contributed by atoms with Crippen molar-refractivity contribution in [3.63, 3.8) is 0 Å². The monoisotopic (exact) mass is 289 g/mol. The summed E-state index contributed by atoms with van der Waals surface area (Å²) >= 11 is 5.35. The molecule has 1 aliphatic carbocycles. The molecule has 1 saturated carbocycles. The number of aliphatic hydroxyl groups is 1. The molecule has 84 valence electrons. The third-order valence-corrected chi connectivity index (χ3v) is 4.99. The highest BCUT2D eigenvalue weighted by Gasteiger charge is 2.26. The normalized spacial score (nSPS) is 25.3. The Morgan fingerprint density at radius 3 is 2.87 bits per heavy atom. The van der Waals surface area contributed by atoms with E-state index in [1.807, 2.05) is 11.3 Å². The van der Waals surface area contributed by atoms with Gasteiger partial charge in [-0.1, -0.05) is 0 Å². The third kappa shape index (κ3) is 3.03. The lowest BCUT2D eigenvalue weighted by Crippen LogP contribution is -2.35. The zero-order valence-corrected chi connectivity index (χ0v) is 11.2. The van der Waals surface area contributed by atoms with Crippen LogP contribution in [0.5, 0.6) is 0 Å². The third-order valence-electron chi connectivity index (χ3n) is 2.85. The number of aryl methyl sites for hydroxylation is 1. The maximum absolute atomic E-state index is 9.14. The molecule has 1 aromatic heterocycles. The van der Waals surface area contributed by atoms with Crippen molar-refractivity contribution in [1.82, 2.24) is 5.32 Å². The minimum atomic E-state index is -0.0325. The molecule has 0 bridgehead atoms. The van der Waals surface area contributed by atoms with Gasteiger partial charge in [0.15, 0.2) is 0 Å². The zero-order chi connectivity index (χ0) is 10.8. The van der Waals surface area contributed by atoms with E-state index >= 15 is 0 Å². The van der Waals surface area contributed by atoms with Crippen LogP contribution in [0.2, 0.25) is 0 Å². The van der Waals surface area contributed by atoms with Gasteiger partial charge in [0.1, 0.15) is 0 Å². The first kappa shape index (κ1) is 11.6. The lowest BCUT2D eigenvalue weighted by Gasteiger charge is -2.31. The summed E-state index contributed by atoms with van der Waals surface area (Å²) in [5, 5.41) is 12.6. The molecule has 0 spiro atoms. The maximum atomic E-state index is 9.14. The van der Waals surface area contributed by atoms with E-state index in [1.165, 1.54) is 14.2 Å². The van der Waals surface area contributed by atoms with Gasteiger partial charge in [-0.05, 0) is 54.2 Å². The van der Waals surface area contributed by atoms with Crippen LogP contribution in [0.25, 0.3) is 0 Å². The molecule has 1 aromatic rings. The topological polar surface area (TPSA) is 32.3 Å². The fourth-order valence-electron chi connectivity index (χ4n) is 1.87. The molecule has 4 heteroatoms. The highest BCUT2D eigenvalue weighted by Crippen LogP contribution is 2.28. The van der Waals surface area contributed by atoms with Gasteiger partial charge in [-0.3, -0.25) is 0 Å². The molecule has 2 N–H and O–H groups in total. The van der Waals surface area contributed by atoms with E-state index in [4.69, 9.17) is 5.11 Å². The lowest BCUT2D eigenvalue weighted by atomic mass is 9.82. The molecule has 1 fully saturated rings. The second-order valence-electron chi connectivity index (χ2n) is 4.24. The molecule has 15 heavy (non-hydrogen) atoms. The molecule has 2 rings (SSSR count). The highest BCUT2D eigenvalue weighted by atomic mass is 79.9. The van der Waals surface area contributed by atoms with Crippen LogP contribution in [-0.4, -0.2) is 17.8 Å². The molecule has 0 atom stereocenters. The number of halogens is 1. The minimum absolute atomic E-state index is 0.0325. The summed E-state index contributed by atoms with van der Waals surface area (Å²) in [6.07, 6.45) is 1.91.